The average Bonchev–Trinajstić information content (AvgIpc) is 2.93. The first kappa shape index (κ1) is 15.3. The third-order valence-corrected chi connectivity index (χ3v) is 4.35. The summed E-state index contributed by atoms with van der Waals surface area (Å²) in [5.41, 5.74) is 3.22. The minimum absolute atomic E-state index is 0.174. The Bertz CT molecular complexity index is 706. The van der Waals surface area contributed by atoms with Gasteiger partial charge in [-0.3, -0.25) is 4.79 Å². The fourth-order valence-electron chi connectivity index (χ4n) is 3.21. The van der Waals surface area contributed by atoms with Crippen LogP contribution in [-0.2, 0) is 0 Å². The van der Waals surface area contributed by atoms with Gasteiger partial charge in [-0.2, -0.15) is 0 Å². The number of Topliss-reactive ketones (excluding diaryl/α,β-unsaturated/α-hetero) is 1. The molecule has 2 aromatic rings. The molecule has 0 radical (unpaired) electrons. The van der Waals surface area contributed by atoms with E-state index in [0.29, 0.717) is 6.42 Å². The highest BCUT2D eigenvalue weighted by Gasteiger charge is 2.29. The zero-order valence-electron chi connectivity index (χ0n) is 13.4. The minimum atomic E-state index is 0.174. The number of anilines is 1. The Kier molecular flexibility index (Phi) is 4.47. The van der Waals surface area contributed by atoms with Gasteiger partial charge in [-0.15, -0.1) is 6.58 Å². The van der Waals surface area contributed by atoms with E-state index in [1.54, 1.807) is 7.11 Å². The number of ketones is 1. The van der Waals surface area contributed by atoms with E-state index >= 15 is 0 Å². The van der Waals surface area contributed by atoms with Crippen molar-refractivity contribution in [2.45, 2.75) is 12.3 Å². The maximum atomic E-state index is 12.6. The van der Waals surface area contributed by atoms with Crippen molar-refractivity contribution >= 4 is 11.5 Å². The molecule has 1 aliphatic heterocycles. The third-order valence-electron chi connectivity index (χ3n) is 4.35. The van der Waals surface area contributed by atoms with Crippen LogP contribution in [0.15, 0.2) is 61.2 Å². The Labute approximate surface area is 137 Å². The van der Waals surface area contributed by atoms with E-state index in [1.165, 1.54) is 11.3 Å². The van der Waals surface area contributed by atoms with Crippen LogP contribution in [0.25, 0.3) is 0 Å². The Morgan fingerprint density at radius 2 is 2.00 bits per heavy atom. The summed E-state index contributed by atoms with van der Waals surface area (Å²) in [7, 11) is 1.63. The molecule has 1 atom stereocenters. The van der Waals surface area contributed by atoms with Crippen LogP contribution in [0, 0.1) is 0 Å². The largest absolute Gasteiger partial charge is 0.497 e. The SMILES string of the molecule is C=CCN1CC(CC(=O)c2ccc(OC)cc2)c2ccccc21. The summed E-state index contributed by atoms with van der Waals surface area (Å²) in [6, 6.07) is 15.7. The molecule has 2 aromatic carbocycles. The predicted molar refractivity (Wildman–Crippen MR) is 93.5 cm³/mol. The molecule has 0 aliphatic carbocycles. The third kappa shape index (κ3) is 3.14. The number of carbonyl (C=O) groups is 1. The first-order valence-electron chi connectivity index (χ1n) is 7.85. The predicted octanol–water partition coefficient (Wildman–Crippen LogP) is 4.06. The van der Waals surface area contributed by atoms with E-state index in [0.717, 1.165) is 24.4 Å². The van der Waals surface area contributed by atoms with E-state index in [9.17, 15) is 4.79 Å². The minimum Gasteiger partial charge on any atom is -0.497 e. The molecule has 1 aliphatic rings. The van der Waals surface area contributed by atoms with Gasteiger partial charge in [0.15, 0.2) is 5.78 Å². The topological polar surface area (TPSA) is 29.5 Å². The van der Waals surface area contributed by atoms with Crippen LogP contribution in [0.2, 0.25) is 0 Å². The second-order valence-electron chi connectivity index (χ2n) is 5.81. The van der Waals surface area contributed by atoms with Gasteiger partial charge in [0.2, 0.25) is 0 Å². The van der Waals surface area contributed by atoms with Gasteiger partial charge in [0.1, 0.15) is 5.75 Å². The average molecular weight is 307 g/mol. The van der Waals surface area contributed by atoms with Gasteiger partial charge in [0.05, 0.1) is 7.11 Å². The van der Waals surface area contributed by atoms with Gasteiger partial charge in [-0.05, 0) is 35.9 Å². The number of hydrogen-bond donors (Lipinski definition) is 0. The van der Waals surface area contributed by atoms with E-state index in [2.05, 4.69) is 23.6 Å². The summed E-state index contributed by atoms with van der Waals surface area (Å²) in [5, 5.41) is 0. The first-order chi connectivity index (χ1) is 11.2. The van der Waals surface area contributed by atoms with E-state index in [-0.39, 0.29) is 11.7 Å². The van der Waals surface area contributed by atoms with Crippen molar-refractivity contribution in [3.05, 3.63) is 72.3 Å². The monoisotopic (exact) mass is 307 g/mol. The van der Waals surface area contributed by atoms with Crippen LogP contribution in [0.1, 0.15) is 28.3 Å². The molecular weight excluding hydrogens is 286 g/mol. The highest BCUT2D eigenvalue weighted by Crippen LogP contribution is 2.38. The van der Waals surface area contributed by atoms with Crippen LogP contribution < -0.4 is 9.64 Å². The van der Waals surface area contributed by atoms with Crippen LogP contribution in [0.4, 0.5) is 5.69 Å². The summed E-state index contributed by atoms with van der Waals surface area (Å²) in [6.07, 6.45) is 2.43. The van der Waals surface area contributed by atoms with Crippen molar-refractivity contribution in [1.29, 1.82) is 0 Å². The van der Waals surface area contributed by atoms with Crippen LogP contribution in [0.5, 0.6) is 5.75 Å². The standard InChI is InChI=1S/C20H21NO2/c1-3-12-21-14-16(18-6-4-5-7-19(18)21)13-20(22)15-8-10-17(23-2)11-9-15/h3-11,16H,1,12-14H2,2H3. The summed E-state index contributed by atoms with van der Waals surface area (Å²) in [6.45, 7) is 5.50. The van der Waals surface area contributed by atoms with Crippen molar-refractivity contribution in [2.24, 2.45) is 0 Å². The van der Waals surface area contributed by atoms with Crippen molar-refractivity contribution in [3.63, 3.8) is 0 Å². The molecule has 0 bridgehead atoms. The maximum absolute atomic E-state index is 12.6. The molecule has 3 heteroatoms. The van der Waals surface area contributed by atoms with Gasteiger partial charge in [0, 0.05) is 36.7 Å². The van der Waals surface area contributed by atoms with Crippen molar-refractivity contribution in [3.8, 4) is 5.75 Å². The lowest BCUT2D eigenvalue weighted by molar-refractivity contribution is 0.0975. The molecule has 0 N–H and O–H groups in total. The molecule has 0 fully saturated rings. The summed E-state index contributed by atoms with van der Waals surface area (Å²) in [4.78, 5) is 14.9. The highest BCUT2D eigenvalue weighted by atomic mass is 16.5. The van der Waals surface area contributed by atoms with Gasteiger partial charge >= 0.3 is 0 Å². The summed E-state index contributed by atoms with van der Waals surface area (Å²) >= 11 is 0. The summed E-state index contributed by atoms with van der Waals surface area (Å²) in [5.74, 6) is 1.18. The number of methoxy groups -OCH3 is 1. The van der Waals surface area contributed by atoms with Gasteiger partial charge in [-0.1, -0.05) is 24.3 Å². The second-order valence-corrected chi connectivity index (χ2v) is 5.81. The quantitative estimate of drug-likeness (QED) is 0.595. The van der Waals surface area contributed by atoms with Gasteiger partial charge in [-0.25, -0.2) is 0 Å². The van der Waals surface area contributed by atoms with Crippen molar-refractivity contribution < 1.29 is 9.53 Å². The molecule has 118 valence electrons. The molecule has 0 saturated carbocycles. The number of nitrogens with zero attached hydrogens (tertiary/aromatic N) is 1. The molecule has 3 nitrogen and oxygen atoms in total. The maximum Gasteiger partial charge on any atom is 0.163 e. The summed E-state index contributed by atoms with van der Waals surface area (Å²) < 4.78 is 5.14. The highest BCUT2D eigenvalue weighted by molar-refractivity contribution is 5.97. The fourth-order valence-corrected chi connectivity index (χ4v) is 3.21. The molecular formula is C20H21NO2. The van der Waals surface area contributed by atoms with Crippen LogP contribution in [0.3, 0.4) is 0 Å². The Balaban J connectivity index is 1.77. The Hall–Kier alpha value is -2.55. The fraction of sp³-hybridized carbons (Fsp3) is 0.250. The van der Waals surface area contributed by atoms with Crippen LogP contribution in [-0.4, -0.2) is 26.0 Å². The Morgan fingerprint density at radius 1 is 1.26 bits per heavy atom. The molecule has 0 spiro atoms. The lowest BCUT2D eigenvalue weighted by atomic mass is 9.93. The molecule has 0 aromatic heterocycles. The number of benzene rings is 2. The lowest BCUT2D eigenvalue weighted by Gasteiger charge is -2.17. The number of carbonyl (C=O) groups excluding carboxylic acids is 1. The smallest absolute Gasteiger partial charge is 0.163 e. The van der Waals surface area contributed by atoms with Gasteiger partial charge < -0.3 is 9.64 Å². The number of ether oxygens (including phenoxy) is 1. The number of hydrogen-bond acceptors (Lipinski definition) is 3. The lowest BCUT2D eigenvalue weighted by Crippen LogP contribution is -2.22. The van der Waals surface area contributed by atoms with Gasteiger partial charge in [0.25, 0.3) is 0 Å². The zero-order valence-corrected chi connectivity index (χ0v) is 13.4. The van der Waals surface area contributed by atoms with Crippen molar-refractivity contribution in [2.75, 3.05) is 25.1 Å². The van der Waals surface area contributed by atoms with E-state index in [1.807, 2.05) is 42.5 Å². The first-order valence-corrected chi connectivity index (χ1v) is 7.85. The number of rotatable bonds is 6. The second kappa shape index (κ2) is 6.69. The molecule has 1 heterocycles. The number of para-hydroxylation sites is 1. The Morgan fingerprint density at radius 3 is 2.70 bits per heavy atom. The van der Waals surface area contributed by atoms with E-state index in [4.69, 9.17) is 4.74 Å². The molecule has 1 unspecified atom stereocenters. The molecule has 0 amide bonds. The van der Waals surface area contributed by atoms with Crippen LogP contribution >= 0.6 is 0 Å². The van der Waals surface area contributed by atoms with Crippen molar-refractivity contribution in [1.82, 2.24) is 0 Å². The van der Waals surface area contributed by atoms with E-state index < -0.39 is 0 Å². The molecule has 23 heavy (non-hydrogen) atoms. The molecule has 3 rings (SSSR count). The molecule has 0 saturated heterocycles. The number of fused-ring (bicyclic) bond motifs is 1. The normalized spacial score (nSPS) is 16.0. The zero-order chi connectivity index (χ0) is 16.2.